The zero-order valence-electron chi connectivity index (χ0n) is 17.5. The molecule has 1 amide bonds. The van der Waals surface area contributed by atoms with E-state index in [1.54, 1.807) is 4.52 Å². The minimum atomic E-state index is -0.404. The highest BCUT2D eigenvalue weighted by atomic mass is 16.7. The molecule has 2 aromatic heterocycles. The van der Waals surface area contributed by atoms with Crippen LogP contribution in [-0.2, 0) is 25.4 Å². The van der Waals surface area contributed by atoms with Crippen LogP contribution in [0.5, 0.6) is 0 Å². The topological polar surface area (TPSA) is 103 Å². The van der Waals surface area contributed by atoms with Gasteiger partial charge in [-0.1, -0.05) is 0 Å². The van der Waals surface area contributed by atoms with Crippen LogP contribution in [0.2, 0.25) is 0 Å². The highest BCUT2D eigenvalue weighted by Gasteiger charge is 2.40. The molecule has 0 radical (unpaired) electrons. The lowest BCUT2D eigenvalue weighted by molar-refractivity contribution is -0.169. The van der Waals surface area contributed by atoms with Gasteiger partial charge in [0.15, 0.2) is 17.3 Å². The lowest BCUT2D eigenvalue weighted by Gasteiger charge is -2.38. The lowest BCUT2D eigenvalue weighted by atomic mass is 10.0. The van der Waals surface area contributed by atoms with Crippen LogP contribution in [0.25, 0.3) is 5.65 Å². The molecule has 4 heterocycles. The van der Waals surface area contributed by atoms with Gasteiger partial charge < -0.3 is 24.4 Å². The normalized spacial score (nSPS) is 18.4. The number of nitrogens with one attached hydrogen (secondary N) is 1. The number of anilines is 1. The molecule has 10 nitrogen and oxygen atoms in total. The summed E-state index contributed by atoms with van der Waals surface area (Å²) < 4.78 is 18.6. The average Bonchev–Trinajstić information content (AvgIpc) is 3.39. The van der Waals surface area contributed by atoms with Gasteiger partial charge in [-0.2, -0.15) is 4.52 Å². The molecule has 2 aliphatic heterocycles. The third kappa shape index (κ3) is 4.88. The molecule has 0 atom stereocenters. The van der Waals surface area contributed by atoms with Crippen LogP contribution in [0.3, 0.4) is 0 Å². The van der Waals surface area contributed by atoms with Crippen molar-refractivity contribution in [2.24, 2.45) is 0 Å². The minimum Gasteiger partial charge on any atom is -0.382 e. The smallest absolute Gasteiger partial charge is 0.220 e. The Morgan fingerprint density at radius 1 is 1.23 bits per heavy atom. The van der Waals surface area contributed by atoms with Crippen LogP contribution < -0.4 is 10.2 Å². The van der Waals surface area contributed by atoms with Gasteiger partial charge in [-0.05, 0) is 25.5 Å². The Hall–Kier alpha value is -2.30. The standard InChI is InChI=1S/C20H30N6O4/c1-2-28-13-3-10-21-19(27)7-6-17-23-22-16-4-5-18(24-26(16)17)25-11-8-20(9-12-25)29-14-15-30-20/h4-5H,2-3,6-15H2,1H3,(H,21,27). The van der Waals surface area contributed by atoms with Gasteiger partial charge >= 0.3 is 0 Å². The minimum absolute atomic E-state index is 0.00250. The number of hydrogen-bond acceptors (Lipinski definition) is 8. The Morgan fingerprint density at radius 3 is 2.80 bits per heavy atom. The molecule has 0 aromatic carbocycles. The summed E-state index contributed by atoms with van der Waals surface area (Å²) in [4.78, 5) is 14.3. The van der Waals surface area contributed by atoms with Crippen LogP contribution in [0.1, 0.15) is 38.4 Å². The molecule has 0 unspecified atom stereocenters. The number of carbonyl (C=O) groups excluding carboxylic acids is 1. The van der Waals surface area contributed by atoms with E-state index in [-0.39, 0.29) is 5.91 Å². The molecule has 2 fully saturated rings. The van der Waals surface area contributed by atoms with Crippen LogP contribution >= 0.6 is 0 Å². The largest absolute Gasteiger partial charge is 0.382 e. The van der Waals surface area contributed by atoms with Crippen molar-refractivity contribution in [3.63, 3.8) is 0 Å². The molecule has 4 rings (SSSR count). The van der Waals surface area contributed by atoms with E-state index >= 15 is 0 Å². The van der Waals surface area contributed by atoms with Gasteiger partial charge in [-0.3, -0.25) is 4.79 Å². The predicted octanol–water partition coefficient (Wildman–Crippen LogP) is 0.943. The Morgan fingerprint density at radius 2 is 2.03 bits per heavy atom. The van der Waals surface area contributed by atoms with Crippen molar-refractivity contribution in [1.82, 2.24) is 25.1 Å². The maximum absolute atomic E-state index is 12.1. The summed E-state index contributed by atoms with van der Waals surface area (Å²) in [6.45, 7) is 6.92. The number of nitrogens with zero attached hydrogens (tertiary/aromatic N) is 5. The molecular weight excluding hydrogens is 388 g/mol. The van der Waals surface area contributed by atoms with Gasteiger partial charge in [0, 0.05) is 58.5 Å². The summed E-state index contributed by atoms with van der Waals surface area (Å²) in [5.74, 6) is 1.15. The summed E-state index contributed by atoms with van der Waals surface area (Å²) in [6.07, 6.45) is 3.30. The third-order valence-corrected chi connectivity index (χ3v) is 5.54. The van der Waals surface area contributed by atoms with Gasteiger partial charge in [0.25, 0.3) is 0 Å². The molecule has 2 aromatic rings. The molecule has 1 N–H and O–H groups in total. The number of fused-ring (bicyclic) bond motifs is 1. The van der Waals surface area contributed by atoms with E-state index in [0.717, 1.165) is 38.2 Å². The van der Waals surface area contributed by atoms with E-state index in [1.165, 1.54) is 0 Å². The summed E-state index contributed by atoms with van der Waals surface area (Å²) >= 11 is 0. The van der Waals surface area contributed by atoms with Crippen molar-refractivity contribution in [2.75, 3.05) is 51.0 Å². The molecular formula is C20H30N6O4. The van der Waals surface area contributed by atoms with Gasteiger partial charge in [-0.25, -0.2) is 0 Å². The van der Waals surface area contributed by atoms with Crippen molar-refractivity contribution < 1.29 is 19.0 Å². The summed E-state index contributed by atoms with van der Waals surface area (Å²) in [5, 5.41) is 16.1. The van der Waals surface area contributed by atoms with Crippen molar-refractivity contribution in [3.05, 3.63) is 18.0 Å². The van der Waals surface area contributed by atoms with Crippen molar-refractivity contribution in [2.45, 2.75) is 44.8 Å². The number of piperidine rings is 1. The number of carbonyl (C=O) groups is 1. The molecule has 0 bridgehead atoms. The van der Waals surface area contributed by atoms with Crippen LogP contribution in [0, 0.1) is 0 Å². The highest BCUT2D eigenvalue weighted by molar-refractivity contribution is 5.76. The van der Waals surface area contributed by atoms with E-state index in [9.17, 15) is 4.79 Å². The fraction of sp³-hybridized carbons (Fsp3) is 0.700. The molecule has 1 spiro atoms. The van der Waals surface area contributed by atoms with Crippen molar-refractivity contribution in [3.8, 4) is 0 Å². The molecule has 164 valence electrons. The highest BCUT2D eigenvalue weighted by Crippen LogP contribution is 2.32. The fourth-order valence-corrected chi connectivity index (χ4v) is 3.87. The second-order valence-corrected chi connectivity index (χ2v) is 7.57. The lowest BCUT2D eigenvalue weighted by Crippen LogP contribution is -2.45. The fourth-order valence-electron chi connectivity index (χ4n) is 3.87. The number of aryl methyl sites for hydroxylation is 1. The second-order valence-electron chi connectivity index (χ2n) is 7.57. The SMILES string of the molecule is CCOCCCNC(=O)CCc1nnc2ccc(N3CCC4(CC3)OCCO4)nn12. The molecule has 2 aliphatic rings. The van der Waals surface area contributed by atoms with Crippen LogP contribution in [0.15, 0.2) is 12.1 Å². The zero-order valence-corrected chi connectivity index (χ0v) is 17.5. The van der Waals surface area contributed by atoms with Gasteiger partial charge in [0.2, 0.25) is 5.91 Å². The number of hydrogen-bond donors (Lipinski definition) is 1. The van der Waals surface area contributed by atoms with Crippen LogP contribution in [-0.4, -0.2) is 77.6 Å². The summed E-state index contributed by atoms with van der Waals surface area (Å²) in [5.41, 5.74) is 0.682. The second kappa shape index (κ2) is 9.67. The molecule has 10 heteroatoms. The summed E-state index contributed by atoms with van der Waals surface area (Å²) in [7, 11) is 0. The Balaban J connectivity index is 1.32. The maximum atomic E-state index is 12.1. The van der Waals surface area contributed by atoms with E-state index in [0.29, 0.717) is 57.3 Å². The molecule has 0 saturated carbocycles. The molecule has 2 saturated heterocycles. The third-order valence-electron chi connectivity index (χ3n) is 5.54. The van der Waals surface area contributed by atoms with Gasteiger partial charge in [-0.15, -0.1) is 15.3 Å². The summed E-state index contributed by atoms with van der Waals surface area (Å²) in [6, 6.07) is 3.88. The van der Waals surface area contributed by atoms with Gasteiger partial charge in [0.1, 0.15) is 5.82 Å². The molecule has 0 aliphatic carbocycles. The van der Waals surface area contributed by atoms with E-state index in [2.05, 4.69) is 20.4 Å². The van der Waals surface area contributed by atoms with Crippen LogP contribution in [0.4, 0.5) is 5.82 Å². The average molecular weight is 418 g/mol. The van der Waals surface area contributed by atoms with E-state index < -0.39 is 5.79 Å². The van der Waals surface area contributed by atoms with Crippen molar-refractivity contribution >= 4 is 17.4 Å². The van der Waals surface area contributed by atoms with E-state index in [1.807, 2.05) is 19.1 Å². The molecule has 30 heavy (non-hydrogen) atoms. The Kier molecular flexibility index (Phi) is 6.76. The number of rotatable bonds is 9. The Bertz CT molecular complexity index is 841. The number of amides is 1. The zero-order chi connectivity index (χ0) is 20.8. The number of aromatic nitrogens is 4. The first-order chi connectivity index (χ1) is 14.7. The quantitative estimate of drug-likeness (QED) is 0.600. The maximum Gasteiger partial charge on any atom is 0.220 e. The number of ether oxygens (including phenoxy) is 3. The first kappa shape index (κ1) is 21.0. The first-order valence-electron chi connectivity index (χ1n) is 10.8. The van der Waals surface area contributed by atoms with E-state index in [4.69, 9.17) is 19.3 Å². The van der Waals surface area contributed by atoms with Crippen molar-refractivity contribution in [1.29, 1.82) is 0 Å². The first-order valence-corrected chi connectivity index (χ1v) is 10.8. The van der Waals surface area contributed by atoms with Gasteiger partial charge in [0.05, 0.1) is 13.2 Å². The predicted molar refractivity (Wildman–Crippen MR) is 109 cm³/mol. The monoisotopic (exact) mass is 418 g/mol. The Labute approximate surface area is 175 Å².